The quantitative estimate of drug-likeness (QED) is 0.279. The molecule has 0 radical (unpaired) electrons. The normalized spacial score (nSPS) is 26.2. The first-order chi connectivity index (χ1) is 6.27. The zero-order valence-corrected chi connectivity index (χ0v) is 7.94. The molecule has 0 bridgehead atoms. The van der Waals surface area contributed by atoms with Crippen LogP contribution in [0, 0.1) is 0 Å². The van der Waals surface area contributed by atoms with Crippen LogP contribution in [0.3, 0.4) is 0 Å². The molecule has 76 valence electrons. The van der Waals surface area contributed by atoms with Gasteiger partial charge in [0.05, 0.1) is 19.8 Å². The Morgan fingerprint density at radius 1 is 1.77 bits per heavy atom. The van der Waals surface area contributed by atoms with Crippen LogP contribution >= 0.6 is 0 Å². The van der Waals surface area contributed by atoms with E-state index in [9.17, 15) is 0 Å². The molecule has 0 amide bonds. The average molecular weight is 187 g/mol. The third-order valence-corrected chi connectivity index (χ3v) is 2.31. The van der Waals surface area contributed by atoms with Crippen molar-refractivity contribution in [1.29, 1.82) is 0 Å². The summed E-state index contributed by atoms with van der Waals surface area (Å²) in [7, 11) is 0. The Morgan fingerprint density at radius 2 is 2.54 bits per heavy atom. The molecule has 1 atom stereocenters. The Bertz CT molecular complexity index is 184. The molecule has 1 unspecified atom stereocenters. The van der Waals surface area contributed by atoms with Crippen molar-refractivity contribution in [3.8, 4) is 0 Å². The maximum Gasteiger partial charge on any atom is 0.153 e. The van der Waals surface area contributed by atoms with Crippen LogP contribution in [0.5, 0.6) is 0 Å². The number of hydrogen-bond acceptors (Lipinski definition) is 4. The Hall–Kier alpha value is -0.810. The Labute approximate surface area is 78.1 Å². The lowest BCUT2D eigenvalue weighted by molar-refractivity contribution is -0.00113. The van der Waals surface area contributed by atoms with Gasteiger partial charge in [-0.15, -0.1) is 0 Å². The molecule has 1 aliphatic rings. The fraction of sp³-hybridized carbons (Fsp3) is 0.875. The molecule has 3 N–H and O–H groups in total. The van der Waals surface area contributed by atoms with Gasteiger partial charge in [-0.05, 0) is 6.42 Å². The highest BCUT2D eigenvalue weighted by atomic mass is 16.5. The first kappa shape index (κ1) is 10.3. The highest BCUT2D eigenvalue weighted by molar-refractivity contribution is 5.81. The van der Waals surface area contributed by atoms with Crippen molar-refractivity contribution in [2.75, 3.05) is 26.3 Å². The Morgan fingerprint density at radius 3 is 3.15 bits per heavy atom. The van der Waals surface area contributed by atoms with Gasteiger partial charge >= 0.3 is 0 Å². The number of hydrogen-bond donors (Lipinski definition) is 2. The number of morpholine rings is 1. The predicted molar refractivity (Wildman–Crippen MR) is 49.9 cm³/mol. The van der Waals surface area contributed by atoms with Crippen LogP contribution in [-0.2, 0) is 4.74 Å². The lowest BCUT2D eigenvalue weighted by Crippen LogP contribution is -2.48. The van der Waals surface area contributed by atoms with E-state index in [0.29, 0.717) is 12.6 Å². The van der Waals surface area contributed by atoms with Crippen LogP contribution in [0.25, 0.3) is 0 Å². The van der Waals surface area contributed by atoms with Crippen molar-refractivity contribution in [2.45, 2.75) is 19.4 Å². The molecule has 0 aromatic carbocycles. The highest BCUT2D eigenvalue weighted by Crippen LogP contribution is 2.09. The van der Waals surface area contributed by atoms with E-state index < -0.39 is 0 Å². The van der Waals surface area contributed by atoms with Gasteiger partial charge in [0, 0.05) is 12.6 Å². The Balaban J connectivity index is 2.45. The van der Waals surface area contributed by atoms with E-state index in [2.05, 4.69) is 17.0 Å². The molecule has 0 saturated carbocycles. The third kappa shape index (κ3) is 2.86. The van der Waals surface area contributed by atoms with Crippen molar-refractivity contribution < 1.29 is 9.94 Å². The van der Waals surface area contributed by atoms with Gasteiger partial charge in [-0.3, -0.25) is 4.90 Å². The van der Waals surface area contributed by atoms with E-state index in [-0.39, 0.29) is 5.84 Å². The molecule has 5 nitrogen and oxygen atoms in total. The van der Waals surface area contributed by atoms with Crippen LogP contribution in [0.1, 0.15) is 13.3 Å². The summed E-state index contributed by atoms with van der Waals surface area (Å²) in [6.45, 7) is 4.97. The molecule has 0 aromatic heterocycles. The summed E-state index contributed by atoms with van der Waals surface area (Å²) in [6.07, 6.45) is 1.03. The molecule has 1 saturated heterocycles. The zero-order valence-electron chi connectivity index (χ0n) is 7.94. The number of nitrogens with two attached hydrogens (primary N) is 1. The minimum atomic E-state index is 0.264. The lowest BCUT2D eigenvalue weighted by atomic mass is 10.2. The van der Waals surface area contributed by atoms with Gasteiger partial charge in [-0.25, -0.2) is 0 Å². The number of amidine groups is 1. The third-order valence-electron chi connectivity index (χ3n) is 2.31. The molecule has 0 spiro atoms. The van der Waals surface area contributed by atoms with Crippen LogP contribution in [0.2, 0.25) is 0 Å². The van der Waals surface area contributed by atoms with Crippen LogP contribution in [-0.4, -0.2) is 48.3 Å². The molecular weight excluding hydrogens is 170 g/mol. The van der Waals surface area contributed by atoms with Gasteiger partial charge < -0.3 is 15.7 Å². The maximum absolute atomic E-state index is 8.43. The van der Waals surface area contributed by atoms with E-state index in [1.54, 1.807) is 0 Å². The number of ether oxygens (including phenoxy) is 1. The fourth-order valence-corrected chi connectivity index (χ4v) is 1.51. The fourth-order valence-electron chi connectivity index (χ4n) is 1.51. The first-order valence-electron chi connectivity index (χ1n) is 4.56. The van der Waals surface area contributed by atoms with E-state index in [1.165, 1.54) is 0 Å². The monoisotopic (exact) mass is 187 g/mol. The minimum Gasteiger partial charge on any atom is -0.409 e. The van der Waals surface area contributed by atoms with Gasteiger partial charge in [0.2, 0.25) is 0 Å². The molecule has 1 heterocycles. The topological polar surface area (TPSA) is 71.1 Å². The SMILES string of the molecule is CCC1COCCN1C/C(N)=N/O. The molecule has 13 heavy (non-hydrogen) atoms. The maximum atomic E-state index is 8.43. The molecule has 0 aliphatic carbocycles. The van der Waals surface area contributed by atoms with Crippen molar-refractivity contribution in [3.05, 3.63) is 0 Å². The summed E-state index contributed by atoms with van der Waals surface area (Å²) in [4.78, 5) is 2.18. The van der Waals surface area contributed by atoms with Crippen LogP contribution in [0.15, 0.2) is 5.16 Å². The average Bonchev–Trinajstić information content (AvgIpc) is 2.18. The van der Waals surface area contributed by atoms with Gasteiger partial charge in [0.15, 0.2) is 5.84 Å². The molecule has 0 aromatic rings. The standard InChI is InChI=1S/C8H17N3O2/c1-2-7-6-13-4-3-11(7)5-8(9)10-12/h7,12H,2-6H2,1H3,(H2,9,10). The van der Waals surface area contributed by atoms with E-state index in [4.69, 9.17) is 15.7 Å². The summed E-state index contributed by atoms with van der Waals surface area (Å²) in [5.41, 5.74) is 5.44. The van der Waals surface area contributed by atoms with Gasteiger partial charge in [-0.1, -0.05) is 12.1 Å². The molecule has 5 heteroatoms. The summed E-state index contributed by atoms with van der Waals surface area (Å²) in [6, 6.07) is 0.397. The smallest absolute Gasteiger partial charge is 0.153 e. The Kier molecular flexibility index (Phi) is 3.98. The molecule has 1 fully saturated rings. The predicted octanol–water partition coefficient (Wildman–Crippen LogP) is -0.156. The van der Waals surface area contributed by atoms with Crippen molar-refractivity contribution in [3.63, 3.8) is 0 Å². The minimum absolute atomic E-state index is 0.264. The van der Waals surface area contributed by atoms with E-state index in [1.807, 2.05) is 0 Å². The number of nitrogens with zero attached hydrogens (tertiary/aromatic N) is 2. The second-order valence-corrected chi connectivity index (χ2v) is 3.20. The van der Waals surface area contributed by atoms with Crippen molar-refractivity contribution in [2.24, 2.45) is 10.9 Å². The summed E-state index contributed by atoms with van der Waals surface area (Å²) >= 11 is 0. The number of rotatable bonds is 3. The van der Waals surface area contributed by atoms with E-state index >= 15 is 0 Å². The largest absolute Gasteiger partial charge is 0.409 e. The summed E-state index contributed by atoms with van der Waals surface area (Å²) in [5, 5.41) is 11.4. The van der Waals surface area contributed by atoms with E-state index in [0.717, 1.165) is 26.2 Å². The van der Waals surface area contributed by atoms with Gasteiger partial charge in [-0.2, -0.15) is 0 Å². The molecular formula is C8H17N3O2. The summed E-state index contributed by atoms with van der Waals surface area (Å²) < 4.78 is 5.33. The molecule has 1 rings (SSSR count). The zero-order chi connectivity index (χ0) is 9.68. The highest BCUT2D eigenvalue weighted by Gasteiger charge is 2.21. The first-order valence-corrected chi connectivity index (χ1v) is 4.56. The van der Waals surface area contributed by atoms with Gasteiger partial charge in [0.25, 0.3) is 0 Å². The van der Waals surface area contributed by atoms with Gasteiger partial charge in [0.1, 0.15) is 0 Å². The second-order valence-electron chi connectivity index (χ2n) is 3.20. The van der Waals surface area contributed by atoms with Crippen molar-refractivity contribution >= 4 is 5.84 Å². The van der Waals surface area contributed by atoms with Crippen LogP contribution in [0.4, 0.5) is 0 Å². The number of oxime groups is 1. The lowest BCUT2D eigenvalue weighted by Gasteiger charge is -2.34. The summed E-state index contributed by atoms with van der Waals surface area (Å²) in [5.74, 6) is 0.264. The van der Waals surface area contributed by atoms with Crippen molar-refractivity contribution in [1.82, 2.24) is 4.90 Å². The molecule has 1 aliphatic heterocycles. The van der Waals surface area contributed by atoms with Crippen LogP contribution < -0.4 is 5.73 Å². The second kappa shape index (κ2) is 5.04.